The van der Waals surface area contributed by atoms with E-state index in [1.54, 1.807) is 17.5 Å². The molecule has 0 N–H and O–H groups in total. The van der Waals surface area contributed by atoms with E-state index in [-0.39, 0.29) is 12.2 Å². The number of aromatic nitrogens is 4. The van der Waals surface area contributed by atoms with E-state index < -0.39 is 0 Å². The van der Waals surface area contributed by atoms with Gasteiger partial charge < -0.3 is 14.4 Å². The Labute approximate surface area is 145 Å². The van der Waals surface area contributed by atoms with Gasteiger partial charge in [-0.3, -0.25) is 4.68 Å². The Morgan fingerprint density at radius 3 is 3.17 bits per heavy atom. The molecule has 0 spiro atoms. The van der Waals surface area contributed by atoms with Crippen molar-refractivity contribution < 1.29 is 9.47 Å². The SMILES string of the molecule is Cc1nnc(N2C[C@H](OCCCn3cccn3)[C@H]3OCCC[C@H]32)s1. The number of rotatable bonds is 6. The lowest BCUT2D eigenvalue weighted by molar-refractivity contribution is -0.0740. The van der Waals surface area contributed by atoms with Crippen LogP contribution in [0.2, 0.25) is 0 Å². The molecule has 7 nitrogen and oxygen atoms in total. The Balaban J connectivity index is 1.36. The van der Waals surface area contributed by atoms with Gasteiger partial charge in [-0.1, -0.05) is 11.3 Å². The molecule has 4 heterocycles. The first-order valence-corrected chi connectivity index (χ1v) is 9.40. The van der Waals surface area contributed by atoms with Crippen LogP contribution in [0, 0.1) is 6.92 Å². The Morgan fingerprint density at radius 1 is 1.42 bits per heavy atom. The van der Waals surface area contributed by atoms with Crippen molar-refractivity contribution in [2.24, 2.45) is 0 Å². The highest BCUT2D eigenvalue weighted by atomic mass is 32.1. The summed E-state index contributed by atoms with van der Waals surface area (Å²) in [4.78, 5) is 2.34. The lowest BCUT2D eigenvalue weighted by Crippen LogP contribution is -2.42. The molecule has 0 radical (unpaired) electrons. The number of ether oxygens (including phenoxy) is 2. The molecule has 130 valence electrons. The monoisotopic (exact) mass is 349 g/mol. The van der Waals surface area contributed by atoms with Crippen LogP contribution < -0.4 is 4.90 Å². The molecule has 0 saturated carbocycles. The van der Waals surface area contributed by atoms with E-state index in [0.717, 1.165) is 55.7 Å². The van der Waals surface area contributed by atoms with E-state index in [1.165, 1.54) is 0 Å². The summed E-state index contributed by atoms with van der Waals surface area (Å²) in [7, 11) is 0. The molecule has 0 unspecified atom stereocenters. The summed E-state index contributed by atoms with van der Waals surface area (Å²) >= 11 is 1.65. The number of fused-ring (bicyclic) bond motifs is 1. The van der Waals surface area contributed by atoms with Crippen molar-refractivity contribution >= 4 is 16.5 Å². The first kappa shape index (κ1) is 16.0. The third-order valence-electron chi connectivity index (χ3n) is 4.66. The predicted octanol–water partition coefficient (Wildman–Crippen LogP) is 1.89. The summed E-state index contributed by atoms with van der Waals surface area (Å²) in [6.45, 7) is 5.27. The van der Waals surface area contributed by atoms with Gasteiger partial charge in [0, 0.05) is 38.7 Å². The molecule has 24 heavy (non-hydrogen) atoms. The Bertz CT molecular complexity index is 647. The van der Waals surface area contributed by atoms with E-state index in [4.69, 9.17) is 9.47 Å². The quantitative estimate of drug-likeness (QED) is 0.742. The predicted molar refractivity (Wildman–Crippen MR) is 91.3 cm³/mol. The zero-order valence-corrected chi connectivity index (χ0v) is 14.7. The van der Waals surface area contributed by atoms with Crippen LogP contribution in [0.1, 0.15) is 24.3 Å². The number of hydrogen-bond acceptors (Lipinski definition) is 7. The molecule has 3 atom stereocenters. The topological polar surface area (TPSA) is 65.3 Å². The molecular formula is C16H23N5O2S. The van der Waals surface area contributed by atoms with Gasteiger partial charge in [-0.25, -0.2) is 0 Å². The van der Waals surface area contributed by atoms with E-state index in [2.05, 4.69) is 20.2 Å². The Morgan fingerprint density at radius 2 is 2.38 bits per heavy atom. The van der Waals surface area contributed by atoms with E-state index in [0.29, 0.717) is 6.04 Å². The molecule has 8 heteroatoms. The van der Waals surface area contributed by atoms with E-state index in [1.807, 2.05) is 23.9 Å². The van der Waals surface area contributed by atoms with Gasteiger partial charge in [0.2, 0.25) is 5.13 Å². The molecule has 0 amide bonds. The molecule has 2 aliphatic rings. The lowest BCUT2D eigenvalue weighted by atomic mass is 10.0. The van der Waals surface area contributed by atoms with Crippen molar-refractivity contribution in [3.8, 4) is 0 Å². The van der Waals surface area contributed by atoms with E-state index >= 15 is 0 Å². The minimum atomic E-state index is 0.108. The Kier molecular flexibility index (Phi) is 4.77. The van der Waals surface area contributed by atoms with Crippen molar-refractivity contribution in [2.75, 3.05) is 24.7 Å². The molecule has 2 aliphatic heterocycles. The number of hydrogen-bond donors (Lipinski definition) is 0. The van der Waals surface area contributed by atoms with Gasteiger partial charge in [-0.05, 0) is 32.3 Å². The van der Waals surface area contributed by atoms with Gasteiger partial charge in [0.05, 0.1) is 6.04 Å². The van der Waals surface area contributed by atoms with Gasteiger partial charge in [0.25, 0.3) is 0 Å². The molecule has 0 bridgehead atoms. The minimum Gasteiger partial charge on any atom is -0.374 e. The summed E-state index contributed by atoms with van der Waals surface area (Å²) in [5.41, 5.74) is 0. The average Bonchev–Trinajstić information content (AvgIpc) is 3.32. The number of nitrogens with zero attached hydrogens (tertiary/aromatic N) is 5. The summed E-state index contributed by atoms with van der Waals surface area (Å²) in [5, 5.41) is 14.7. The fraction of sp³-hybridized carbons (Fsp3) is 0.688. The molecule has 2 saturated heterocycles. The largest absolute Gasteiger partial charge is 0.374 e. The number of aryl methyl sites for hydroxylation is 2. The van der Waals surface area contributed by atoms with Crippen LogP contribution in [0.15, 0.2) is 18.5 Å². The highest BCUT2D eigenvalue weighted by Gasteiger charge is 2.45. The minimum absolute atomic E-state index is 0.108. The van der Waals surface area contributed by atoms with Crippen LogP contribution in [0.5, 0.6) is 0 Å². The van der Waals surface area contributed by atoms with E-state index in [9.17, 15) is 0 Å². The zero-order valence-electron chi connectivity index (χ0n) is 13.9. The van der Waals surface area contributed by atoms with Crippen LogP contribution in [0.25, 0.3) is 0 Å². The third-order valence-corrected chi connectivity index (χ3v) is 5.54. The lowest BCUT2D eigenvalue weighted by Gasteiger charge is -2.31. The fourth-order valence-corrected chi connectivity index (χ4v) is 4.33. The smallest absolute Gasteiger partial charge is 0.208 e. The molecule has 0 aromatic carbocycles. The summed E-state index contributed by atoms with van der Waals surface area (Å²) in [5.74, 6) is 0. The number of anilines is 1. The normalized spacial score (nSPS) is 26.7. The third kappa shape index (κ3) is 3.31. The van der Waals surface area contributed by atoms with Crippen LogP contribution >= 0.6 is 11.3 Å². The second kappa shape index (κ2) is 7.16. The van der Waals surface area contributed by atoms with Gasteiger partial charge in [0.1, 0.15) is 17.2 Å². The highest BCUT2D eigenvalue weighted by Crippen LogP contribution is 2.35. The average molecular weight is 349 g/mol. The van der Waals surface area contributed by atoms with Crippen LogP contribution in [-0.4, -0.2) is 58.0 Å². The zero-order chi connectivity index (χ0) is 16.4. The second-order valence-electron chi connectivity index (χ2n) is 6.33. The molecule has 0 aliphatic carbocycles. The van der Waals surface area contributed by atoms with Crippen LogP contribution in [-0.2, 0) is 16.0 Å². The Hall–Kier alpha value is -1.51. The second-order valence-corrected chi connectivity index (χ2v) is 7.49. The maximum Gasteiger partial charge on any atom is 0.208 e. The van der Waals surface area contributed by atoms with Gasteiger partial charge in [-0.15, -0.1) is 10.2 Å². The van der Waals surface area contributed by atoms with Crippen molar-refractivity contribution in [3.63, 3.8) is 0 Å². The maximum atomic E-state index is 6.18. The summed E-state index contributed by atoms with van der Waals surface area (Å²) in [6, 6.07) is 2.31. The standard InChI is InChI=1S/C16H23N5O2S/c1-12-18-19-16(24-12)21-11-14(15-13(21)5-2-9-23-15)22-10-4-8-20-7-3-6-17-20/h3,6-7,13-15H,2,4-5,8-11H2,1H3/t13-,14+,15+/m1/s1. The highest BCUT2D eigenvalue weighted by molar-refractivity contribution is 7.15. The summed E-state index contributed by atoms with van der Waals surface area (Å²) < 4.78 is 14.2. The van der Waals surface area contributed by atoms with Crippen molar-refractivity contribution in [1.82, 2.24) is 20.0 Å². The first-order valence-electron chi connectivity index (χ1n) is 8.58. The molecular weight excluding hydrogens is 326 g/mol. The van der Waals surface area contributed by atoms with Gasteiger partial charge in [-0.2, -0.15) is 5.10 Å². The first-order chi connectivity index (χ1) is 11.8. The summed E-state index contributed by atoms with van der Waals surface area (Å²) in [6.07, 6.45) is 7.23. The van der Waals surface area contributed by atoms with Crippen molar-refractivity contribution in [3.05, 3.63) is 23.5 Å². The molecule has 2 aromatic rings. The maximum absolute atomic E-state index is 6.18. The van der Waals surface area contributed by atoms with Crippen LogP contribution in [0.3, 0.4) is 0 Å². The van der Waals surface area contributed by atoms with Crippen molar-refractivity contribution in [2.45, 2.75) is 51.0 Å². The molecule has 2 aromatic heterocycles. The van der Waals surface area contributed by atoms with Crippen molar-refractivity contribution in [1.29, 1.82) is 0 Å². The molecule has 2 fully saturated rings. The van der Waals surface area contributed by atoms with Gasteiger partial charge in [0.15, 0.2) is 0 Å². The van der Waals surface area contributed by atoms with Crippen LogP contribution in [0.4, 0.5) is 5.13 Å². The molecule has 4 rings (SSSR count). The fourth-order valence-electron chi connectivity index (χ4n) is 3.57. The van der Waals surface area contributed by atoms with Gasteiger partial charge >= 0.3 is 0 Å².